The molecule has 0 fully saturated rings. The van der Waals surface area contributed by atoms with Crippen LogP contribution in [0.1, 0.15) is 83.2 Å². The van der Waals surface area contributed by atoms with Crippen LogP contribution in [0.15, 0.2) is 12.1 Å². The number of rotatable bonds is 1. The van der Waals surface area contributed by atoms with Crippen molar-refractivity contribution in [3.05, 3.63) is 83.1 Å². The Hall–Kier alpha value is -0.820. The van der Waals surface area contributed by atoms with Gasteiger partial charge in [-0.25, -0.2) is 6.08 Å². The molecule has 0 bridgehead atoms. The minimum absolute atomic E-state index is 0. The van der Waals surface area contributed by atoms with Crippen molar-refractivity contribution >= 4 is 6.08 Å². The van der Waals surface area contributed by atoms with Crippen LogP contribution in [-0.2, 0) is 25.8 Å². The van der Waals surface area contributed by atoms with Crippen LogP contribution in [0.5, 0.6) is 0 Å². The maximum atomic E-state index is 3.51. The SMILES string of the molecule is Cc1c(C)c(C)[c-](C)c1C.Cc1cc2c(cc1C)C(CC(C)(C)C)[C-]=C2.[CH3-].[CH3-].[Hf+4]. The summed E-state index contributed by atoms with van der Waals surface area (Å²) in [6.45, 7) is 22.3. The molecule has 0 heterocycles. The molecule has 0 spiro atoms. The van der Waals surface area contributed by atoms with Crippen molar-refractivity contribution in [2.45, 2.75) is 81.6 Å². The molecule has 1 aliphatic carbocycles. The zero-order valence-electron chi connectivity index (χ0n) is 21.0. The number of hydrogen-bond acceptors (Lipinski definition) is 0. The fourth-order valence-electron chi connectivity index (χ4n) is 3.76. The Bertz CT molecular complexity index is 745. The number of allylic oxidation sites excluding steroid dienone is 1. The number of benzene rings is 1. The fraction of sp³-hybridized carbons (Fsp3) is 0.464. The molecule has 0 saturated carbocycles. The molecule has 0 N–H and O–H groups in total. The van der Waals surface area contributed by atoms with Gasteiger partial charge in [0.25, 0.3) is 0 Å². The Morgan fingerprint density at radius 2 is 1.31 bits per heavy atom. The first-order valence-electron chi connectivity index (χ1n) is 9.82. The van der Waals surface area contributed by atoms with Crippen LogP contribution in [0.3, 0.4) is 0 Å². The van der Waals surface area contributed by atoms with Crippen molar-refractivity contribution in [1.29, 1.82) is 0 Å². The van der Waals surface area contributed by atoms with Crippen molar-refractivity contribution in [3.63, 3.8) is 0 Å². The van der Waals surface area contributed by atoms with E-state index in [9.17, 15) is 0 Å². The van der Waals surface area contributed by atoms with Crippen LogP contribution >= 0.6 is 0 Å². The predicted molar refractivity (Wildman–Crippen MR) is 129 cm³/mol. The first kappa shape index (κ1) is 30.4. The first-order valence-corrected chi connectivity index (χ1v) is 9.82. The number of fused-ring (bicyclic) bond motifs is 1. The van der Waals surface area contributed by atoms with Crippen molar-refractivity contribution in [2.24, 2.45) is 5.41 Å². The van der Waals surface area contributed by atoms with Gasteiger partial charge in [0.05, 0.1) is 0 Å². The molecule has 158 valence electrons. The molecule has 2 aromatic rings. The largest absolute Gasteiger partial charge is 4.00 e. The fourth-order valence-corrected chi connectivity index (χ4v) is 3.76. The van der Waals surface area contributed by atoms with Crippen LogP contribution in [0.4, 0.5) is 0 Å². The Labute approximate surface area is 201 Å². The van der Waals surface area contributed by atoms with E-state index in [0.717, 1.165) is 0 Å². The summed E-state index contributed by atoms with van der Waals surface area (Å²) in [4.78, 5) is 0. The van der Waals surface area contributed by atoms with Crippen molar-refractivity contribution in [2.75, 3.05) is 0 Å². The molecule has 1 atom stereocenters. The molecular formula is C28H42Hf. The van der Waals surface area contributed by atoms with E-state index >= 15 is 0 Å². The summed E-state index contributed by atoms with van der Waals surface area (Å²) in [5.74, 6) is 0.495. The third-order valence-corrected chi connectivity index (χ3v) is 6.14. The molecule has 0 aromatic heterocycles. The van der Waals surface area contributed by atoms with Gasteiger partial charge in [0, 0.05) is 0 Å². The molecule has 3 rings (SSSR count). The average molecular weight is 557 g/mol. The number of aryl methyl sites for hydroxylation is 2. The minimum atomic E-state index is 0. The van der Waals surface area contributed by atoms with Crippen LogP contribution in [0, 0.1) is 74.8 Å². The van der Waals surface area contributed by atoms with E-state index in [1.165, 1.54) is 56.5 Å². The maximum absolute atomic E-state index is 3.51. The van der Waals surface area contributed by atoms with Gasteiger partial charge in [0.1, 0.15) is 0 Å². The molecule has 0 amide bonds. The second-order valence-corrected chi connectivity index (χ2v) is 9.32. The summed E-state index contributed by atoms with van der Waals surface area (Å²) in [5.41, 5.74) is 13.3. The van der Waals surface area contributed by atoms with Crippen molar-refractivity contribution in [1.82, 2.24) is 0 Å². The minimum Gasteiger partial charge on any atom is -0.358 e. The predicted octanol–water partition coefficient (Wildman–Crippen LogP) is 8.50. The average Bonchev–Trinajstić information content (AvgIpc) is 2.98. The second-order valence-electron chi connectivity index (χ2n) is 9.32. The van der Waals surface area contributed by atoms with E-state index in [1.54, 1.807) is 0 Å². The standard InChI is InChI=1S/C16H21.C10H15.2CH3.Hf/c1-11-8-13-6-7-14(10-16(3,4)5)15(13)9-12(11)2;1-6-7(2)9(4)10(5)8(6)3;;;/h6,8-9,14H,10H2,1-5H3;1-5H3;2*1H3;/q4*-1;+4. The van der Waals surface area contributed by atoms with E-state index in [2.05, 4.69) is 93.5 Å². The van der Waals surface area contributed by atoms with Gasteiger partial charge in [0.15, 0.2) is 0 Å². The van der Waals surface area contributed by atoms with Gasteiger partial charge in [-0.1, -0.05) is 84.9 Å². The molecular weight excluding hydrogens is 515 g/mol. The van der Waals surface area contributed by atoms with Crippen LogP contribution in [0.25, 0.3) is 6.08 Å². The van der Waals surface area contributed by atoms with E-state index in [4.69, 9.17) is 0 Å². The third kappa shape index (κ3) is 7.13. The Morgan fingerprint density at radius 1 is 0.862 bits per heavy atom. The summed E-state index contributed by atoms with van der Waals surface area (Å²) in [6.07, 6.45) is 6.85. The molecule has 0 aliphatic heterocycles. The Balaban J connectivity index is 0. The normalized spacial score (nSPS) is 14.1. The molecule has 29 heavy (non-hydrogen) atoms. The summed E-state index contributed by atoms with van der Waals surface area (Å²) >= 11 is 0. The zero-order valence-corrected chi connectivity index (χ0v) is 24.6. The molecule has 0 nitrogen and oxygen atoms in total. The van der Waals surface area contributed by atoms with Gasteiger partial charge in [-0.2, -0.15) is 33.4 Å². The first-order chi connectivity index (χ1) is 11.9. The van der Waals surface area contributed by atoms with Crippen LogP contribution < -0.4 is 0 Å². The van der Waals surface area contributed by atoms with Crippen LogP contribution in [-0.4, -0.2) is 0 Å². The van der Waals surface area contributed by atoms with Gasteiger partial charge in [-0.15, -0.1) is 11.6 Å². The monoisotopic (exact) mass is 558 g/mol. The van der Waals surface area contributed by atoms with E-state index in [1.807, 2.05) is 0 Å². The molecule has 0 saturated heterocycles. The van der Waals surface area contributed by atoms with Crippen molar-refractivity contribution in [3.8, 4) is 0 Å². The van der Waals surface area contributed by atoms with Gasteiger partial charge >= 0.3 is 25.8 Å². The molecule has 1 aliphatic rings. The topological polar surface area (TPSA) is 0 Å². The van der Waals surface area contributed by atoms with Gasteiger partial charge in [-0.3, -0.25) is 6.08 Å². The summed E-state index contributed by atoms with van der Waals surface area (Å²) in [5, 5.41) is 0. The molecule has 2 aromatic carbocycles. The smallest absolute Gasteiger partial charge is 0.358 e. The van der Waals surface area contributed by atoms with E-state index in [0.29, 0.717) is 11.3 Å². The Kier molecular flexibility index (Phi) is 12.1. The summed E-state index contributed by atoms with van der Waals surface area (Å²) in [7, 11) is 0. The van der Waals surface area contributed by atoms with E-state index in [-0.39, 0.29) is 40.7 Å². The molecule has 1 heteroatoms. The van der Waals surface area contributed by atoms with Crippen molar-refractivity contribution < 1.29 is 25.8 Å². The maximum Gasteiger partial charge on any atom is 4.00 e. The van der Waals surface area contributed by atoms with Gasteiger partial charge in [-0.05, 0) is 19.3 Å². The summed E-state index contributed by atoms with van der Waals surface area (Å²) < 4.78 is 0. The van der Waals surface area contributed by atoms with Gasteiger partial charge < -0.3 is 14.9 Å². The summed E-state index contributed by atoms with van der Waals surface area (Å²) in [6, 6.07) is 4.64. The molecule has 0 radical (unpaired) electrons. The van der Waals surface area contributed by atoms with E-state index < -0.39 is 0 Å². The zero-order chi connectivity index (χ0) is 19.8. The molecule has 1 unspecified atom stereocenters. The second kappa shape index (κ2) is 11.5. The quantitative estimate of drug-likeness (QED) is 0.244. The number of hydrogen-bond donors (Lipinski definition) is 0. The third-order valence-electron chi connectivity index (χ3n) is 6.14. The van der Waals surface area contributed by atoms with Gasteiger partial charge in [0.2, 0.25) is 0 Å². The Morgan fingerprint density at radius 3 is 1.69 bits per heavy atom. The van der Waals surface area contributed by atoms with Crippen LogP contribution in [0.2, 0.25) is 0 Å².